The molecule has 2 aliphatic rings. The smallest absolute Gasteiger partial charge is 0.241 e. The molecular formula is C10H19N3O. The van der Waals surface area contributed by atoms with Gasteiger partial charge in [0.05, 0.1) is 6.04 Å². The molecule has 0 bridgehead atoms. The van der Waals surface area contributed by atoms with Crippen molar-refractivity contribution >= 4 is 5.91 Å². The van der Waals surface area contributed by atoms with Gasteiger partial charge in [-0.15, -0.1) is 0 Å². The maximum atomic E-state index is 11.7. The number of hydrogen-bond acceptors (Lipinski definition) is 3. The van der Waals surface area contributed by atoms with Crippen molar-refractivity contribution in [1.82, 2.24) is 15.1 Å². The second-order valence-electron chi connectivity index (χ2n) is 4.22. The molecule has 2 atom stereocenters. The van der Waals surface area contributed by atoms with Crippen LogP contribution in [-0.2, 0) is 4.79 Å². The van der Waals surface area contributed by atoms with E-state index in [0.717, 1.165) is 32.7 Å². The number of likely N-dealkylation sites (N-methyl/N-ethyl adjacent to an activating group) is 1. The molecule has 4 nitrogen and oxygen atoms in total. The Kier molecular flexibility index (Phi) is 2.74. The molecule has 2 aliphatic heterocycles. The number of carbonyl (C=O) groups excluding carboxylic acids is 1. The van der Waals surface area contributed by atoms with Crippen molar-refractivity contribution in [2.24, 2.45) is 0 Å². The molecule has 0 radical (unpaired) electrons. The molecule has 14 heavy (non-hydrogen) atoms. The maximum Gasteiger partial charge on any atom is 0.241 e. The lowest BCUT2D eigenvalue weighted by molar-refractivity contribution is -0.133. The van der Waals surface area contributed by atoms with E-state index in [9.17, 15) is 4.79 Å². The minimum absolute atomic E-state index is 0.135. The molecule has 0 spiro atoms. The molecule has 2 saturated heterocycles. The van der Waals surface area contributed by atoms with Gasteiger partial charge in [0.25, 0.3) is 0 Å². The van der Waals surface area contributed by atoms with Crippen LogP contribution in [0, 0.1) is 0 Å². The fourth-order valence-electron chi connectivity index (χ4n) is 2.12. The van der Waals surface area contributed by atoms with E-state index < -0.39 is 0 Å². The summed E-state index contributed by atoms with van der Waals surface area (Å²) in [4.78, 5) is 16.2. The topological polar surface area (TPSA) is 45.5 Å². The van der Waals surface area contributed by atoms with Crippen LogP contribution in [0.2, 0.25) is 0 Å². The summed E-state index contributed by atoms with van der Waals surface area (Å²) in [5.41, 5.74) is 0. The summed E-state index contributed by atoms with van der Waals surface area (Å²) in [5, 5.41) is 3.07. The average Bonchev–Trinajstić information content (AvgIpc) is 3.00. The highest BCUT2D eigenvalue weighted by Gasteiger charge is 2.35. The molecular weight excluding hydrogens is 178 g/mol. The van der Waals surface area contributed by atoms with E-state index in [2.05, 4.69) is 24.1 Å². The number of nitrogens with zero attached hydrogens (tertiary/aromatic N) is 2. The number of carbonyl (C=O) groups is 1. The van der Waals surface area contributed by atoms with Crippen molar-refractivity contribution in [3.05, 3.63) is 0 Å². The van der Waals surface area contributed by atoms with Crippen LogP contribution in [-0.4, -0.2) is 60.5 Å². The third kappa shape index (κ3) is 1.91. The van der Waals surface area contributed by atoms with E-state index >= 15 is 0 Å². The number of amides is 1. The van der Waals surface area contributed by atoms with E-state index in [1.807, 2.05) is 4.90 Å². The second kappa shape index (κ2) is 3.87. The fraction of sp³-hybridized carbons (Fsp3) is 0.900. The molecule has 1 amide bonds. The van der Waals surface area contributed by atoms with Crippen molar-refractivity contribution in [2.75, 3.05) is 32.7 Å². The molecule has 0 aromatic heterocycles. The van der Waals surface area contributed by atoms with E-state index in [1.54, 1.807) is 0 Å². The molecule has 2 fully saturated rings. The zero-order valence-corrected chi connectivity index (χ0v) is 8.99. The third-order valence-corrected chi connectivity index (χ3v) is 3.19. The van der Waals surface area contributed by atoms with E-state index in [-0.39, 0.29) is 6.04 Å². The van der Waals surface area contributed by atoms with E-state index in [1.165, 1.54) is 0 Å². The van der Waals surface area contributed by atoms with Crippen LogP contribution in [0.1, 0.15) is 13.8 Å². The highest BCUT2D eigenvalue weighted by atomic mass is 16.2. The minimum Gasteiger partial charge on any atom is -0.338 e. The maximum absolute atomic E-state index is 11.7. The summed E-state index contributed by atoms with van der Waals surface area (Å²) in [6.45, 7) is 9.15. The summed E-state index contributed by atoms with van der Waals surface area (Å²) in [5.74, 6) is 0.299. The highest BCUT2D eigenvalue weighted by Crippen LogP contribution is 2.12. The summed E-state index contributed by atoms with van der Waals surface area (Å²) in [6.07, 6.45) is 0. The van der Waals surface area contributed by atoms with Gasteiger partial charge in [-0.25, -0.2) is 0 Å². The monoisotopic (exact) mass is 197 g/mol. The molecule has 4 heteroatoms. The summed E-state index contributed by atoms with van der Waals surface area (Å²) >= 11 is 0. The predicted octanol–water partition coefficient (Wildman–Crippen LogP) is -0.489. The molecule has 2 rings (SSSR count). The molecule has 80 valence electrons. The van der Waals surface area contributed by atoms with Gasteiger partial charge < -0.3 is 10.2 Å². The summed E-state index contributed by atoms with van der Waals surface area (Å²) < 4.78 is 0. The fourth-order valence-corrected chi connectivity index (χ4v) is 2.12. The van der Waals surface area contributed by atoms with Crippen molar-refractivity contribution in [3.63, 3.8) is 0 Å². The van der Waals surface area contributed by atoms with Gasteiger partial charge in [-0.2, -0.15) is 0 Å². The van der Waals surface area contributed by atoms with Crippen LogP contribution < -0.4 is 5.32 Å². The van der Waals surface area contributed by atoms with E-state index in [0.29, 0.717) is 11.9 Å². The Morgan fingerprint density at radius 3 is 2.71 bits per heavy atom. The van der Waals surface area contributed by atoms with Crippen LogP contribution in [0.25, 0.3) is 0 Å². The van der Waals surface area contributed by atoms with Gasteiger partial charge in [0.1, 0.15) is 0 Å². The number of rotatable bonds is 2. The van der Waals surface area contributed by atoms with Gasteiger partial charge in [-0.1, -0.05) is 6.92 Å². The summed E-state index contributed by atoms with van der Waals surface area (Å²) in [7, 11) is 0. The first-order chi connectivity index (χ1) is 6.72. The quantitative estimate of drug-likeness (QED) is 0.608. The molecule has 0 aromatic carbocycles. The molecule has 1 N–H and O–H groups in total. The predicted molar refractivity (Wildman–Crippen MR) is 55.1 cm³/mol. The lowest BCUT2D eigenvalue weighted by atomic mass is 10.2. The first-order valence-electron chi connectivity index (χ1n) is 5.48. The molecule has 2 unspecified atom stereocenters. The van der Waals surface area contributed by atoms with Crippen LogP contribution in [0.4, 0.5) is 0 Å². The molecule has 0 aliphatic carbocycles. The van der Waals surface area contributed by atoms with Crippen molar-refractivity contribution < 1.29 is 4.79 Å². The molecule has 2 heterocycles. The Balaban J connectivity index is 1.88. The SMILES string of the molecule is CCN1CCN(C(=O)C2CN2)CC1C. The van der Waals surface area contributed by atoms with Crippen LogP contribution >= 0.6 is 0 Å². The Hall–Kier alpha value is -0.610. The third-order valence-electron chi connectivity index (χ3n) is 3.19. The van der Waals surface area contributed by atoms with Crippen molar-refractivity contribution in [3.8, 4) is 0 Å². The Bertz CT molecular complexity index is 227. The van der Waals surface area contributed by atoms with Gasteiger partial charge >= 0.3 is 0 Å². The molecule has 0 aromatic rings. The largest absolute Gasteiger partial charge is 0.338 e. The van der Waals surface area contributed by atoms with Crippen LogP contribution in [0.15, 0.2) is 0 Å². The van der Waals surface area contributed by atoms with Gasteiger partial charge in [-0.05, 0) is 13.5 Å². The molecule has 0 saturated carbocycles. The van der Waals surface area contributed by atoms with Gasteiger partial charge in [0, 0.05) is 32.2 Å². The van der Waals surface area contributed by atoms with E-state index in [4.69, 9.17) is 0 Å². The van der Waals surface area contributed by atoms with Crippen molar-refractivity contribution in [1.29, 1.82) is 0 Å². The number of nitrogens with one attached hydrogen (secondary N) is 1. The van der Waals surface area contributed by atoms with Crippen molar-refractivity contribution in [2.45, 2.75) is 25.9 Å². The van der Waals surface area contributed by atoms with Crippen LogP contribution in [0.3, 0.4) is 0 Å². The highest BCUT2D eigenvalue weighted by molar-refractivity contribution is 5.84. The second-order valence-corrected chi connectivity index (χ2v) is 4.22. The van der Waals surface area contributed by atoms with Crippen LogP contribution in [0.5, 0.6) is 0 Å². The lowest BCUT2D eigenvalue weighted by Crippen LogP contribution is -2.54. The minimum atomic E-state index is 0.135. The normalized spacial score (nSPS) is 33.1. The Labute approximate surface area is 85.2 Å². The van der Waals surface area contributed by atoms with Gasteiger partial charge in [0.2, 0.25) is 5.91 Å². The first kappa shape index (κ1) is 9.93. The number of piperazine rings is 1. The standard InChI is InChI=1S/C10H19N3O/c1-3-12-4-5-13(7-8(12)2)10(14)9-6-11-9/h8-9,11H,3-7H2,1-2H3. The van der Waals surface area contributed by atoms with Gasteiger partial charge in [0.15, 0.2) is 0 Å². The van der Waals surface area contributed by atoms with Gasteiger partial charge in [-0.3, -0.25) is 9.69 Å². The summed E-state index contributed by atoms with van der Waals surface area (Å²) in [6, 6.07) is 0.645. The average molecular weight is 197 g/mol. The Morgan fingerprint density at radius 2 is 2.21 bits per heavy atom. The number of hydrogen-bond donors (Lipinski definition) is 1. The zero-order valence-electron chi connectivity index (χ0n) is 8.99. The lowest BCUT2D eigenvalue weighted by Gasteiger charge is -2.39. The first-order valence-corrected chi connectivity index (χ1v) is 5.48. The zero-order chi connectivity index (χ0) is 10.1. The Morgan fingerprint density at radius 1 is 1.50 bits per heavy atom.